The molecule has 0 unspecified atom stereocenters. The molecule has 0 aromatic rings. The molecule has 0 bridgehead atoms. The highest BCUT2D eigenvalue weighted by molar-refractivity contribution is 4.66. The number of hydrogen-bond donors (Lipinski definition) is 1. The Morgan fingerprint density at radius 1 is 1.67 bits per heavy atom. The summed E-state index contributed by atoms with van der Waals surface area (Å²) in [5.74, 6) is 0.494. The fourth-order valence-corrected chi connectivity index (χ4v) is 1.26. The Labute approximate surface area is 55.8 Å². The van der Waals surface area contributed by atoms with E-state index in [4.69, 9.17) is 9.84 Å². The first-order valence-corrected chi connectivity index (χ1v) is 3.55. The van der Waals surface area contributed by atoms with Gasteiger partial charge in [0, 0.05) is 13.2 Å². The first kappa shape index (κ1) is 7.03. The van der Waals surface area contributed by atoms with Gasteiger partial charge in [-0.15, -0.1) is 0 Å². The van der Waals surface area contributed by atoms with E-state index in [1.165, 1.54) is 0 Å². The van der Waals surface area contributed by atoms with Crippen LogP contribution >= 0.6 is 0 Å². The van der Waals surface area contributed by atoms with Crippen LogP contribution in [0.4, 0.5) is 0 Å². The highest BCUT2D eigenvalue weighted by atomic mass is 16.5. The molecule has 1 aliphatic rings. The molecular weight excluding hydrogens is 116 g/mol. The van der Waals surface area contributed by atoms with Gasteiger partial charge in [-0.2, -0.15) is 0 Å². The molecule has 1 saturated heterocycles. The molecule has 0 aliphatic carbocycles. The lowest BCUT2D eigenvalue weighted by Crippen LogP contribution is -2.24. The minimum absolute atomic E-state index is 0.327. The molecule has 1 rings (SSSR count). The average molecular weight is 130 g/mol. The van der Waals surface area contributed by atoms with Crippen LogP contribution in [0.15, 0.2) is 0 Å². The minimum Gasteiger partial charge on any atom is -0.396 e. The Hall–Kier alpha value is -0.0800. The molecule has 0 amide bonds. The predicted octanol–water partition coefficient (Wildman–Crippen LogP) is 0.794. The van der Waals surface area contributed by atoms with Gasteiger partial charge in [0.25, 0.3) is 0 Å². The SMILES string of the molecule is C[C@H]1C[C@@H](CO)CCO1. The molecule has 0 saturated carbocycles. The third-order valence-electron chi connectivity index (χ3n) is 1.85. The lowest BCUT2D eigenvalue weighted by molar-refractivity contribution is -0.0106. The molecule has 2 heteroatoms. The normalized spacial score (nSPS) is 36.7. The van der Waals surface area contributed by atoms with Gasteiger partial charge >= 0.3 is 0 Å². The molecule has 0 aromatic heterocycles. The van der Waals surface area contributed by atoms with Gasteiger partial charge in [0.15, 0.2) is 0 Å². The second-order valence-corrected chi connectivity index (χ2v) is 2.75. The second kappa shape index (κ2) is 3.18. The third kappa shape index (κ3) is 1.95. The van der Waals surface area contributed by atoms with Gasteiger partial charge in [0.05, 0.1) is 6.10 Å². The Morgan fingerprint density at radius 2 is 2.44 bits per heavy atom. The standard InChI is InChI=1S/C7H14O2/c1-6-4-7(5-8)2-3-9-6/h6-8H,2-5H2,1H3/t6-,7-/m0/s1. The van der Waals surface area contributed by atoms with Crippen molar-refractivity contribution in [2.24, 2.45) is 5.92 Å². The van der Waals surface area contributed by atoms with E-state index in [0.29, 0.717) is 18.6 Å². The fraction of sp³-hybridized carbons (Fsp3) is 1.00. The largest absolute Gasteiger partial charge is 0.396 e. The summed E-state index contributed by atoms with van der Waals surface area (Å²) in [4.78, 5) is 0. The van der Waals surface area contributed by atoms with Crippen LogP contribution in [0.1, 0.15) is 19.8 Å². The van der Waals surface area contributed by atoms with E-state index in [0.717, 1.165) is 19.4 Å². The van der Waals surface area contributed by atoms with Crippen LogP contribution in [-0.4, -0.2) is 24.4 Å². The van der Waals surface area contributed by atoms with Gasteiger partial charge in [0.1, 0.15) is 0 Å². The van der Waals surface area contributed by atoms with Crippen molar-refractivity contribution in [2.75, 3.05) is 13.2 Å². The van der Waals surface area contributed by atoms with Crippen LogP contribution in [0.3, 0.4) is 0 Å². The molecular formula is C7H14O2. The van der Waals surface area contributed by atoms with Crippen molar-refractivity contribution < 1.29 is 9.84 Å². The predicted molar refractivity (Wildman–Crippen MR) is 35.2 cm³/mol. The molecule has 9 heavy (non-hydrogen) atoms. The molecule has 0 spiro atoms. The molecule has 1 fully saturated rings. The Kier molecular flexibility index (Phi) is 2.49. The zero-order valence-corrected chi connectivity index (χ0v) is 5.84. The van der Waals surface area contributed by atoms with Crippen LogP contribution in [-0.2, 0) is 4.74 Å². The van der Waals surface area contributed by atoms with Gasteiger partial charge in [-0.1, -0.05) is 0 Å². The maximum absolute atomic E-state index is 8.75. The Morgan fingerprint density at radius 3 is 2.89 bits per heavy atom. The van der Waals surface area contributed by atoms with E-state index in [2.05, 4.69) is 6.92 Å². The molecule has 1 N–H and O–H groups in total. The molecule has 2 atom stereocenters. The summed E-state index contributed by atoms with van der Waals surface area (Å²) in [6.07, 6.45) is 2.41. The van der Waals surface area contributed by atoms with Crippen LogP contribution in [0.25, 0.3) is 0 Å². The topological polar surface area (TPSA) is 29.5 Å². The van der Waals surface area contributed by atoms with Gasteiger partial charge in [-0.3, -0.25) is 0 Å². The summed E-state index contributed by atoms with van der Waals surface area (Å²) >= 11 is 0. The second-order valence-electron chi connectivity index (χ2n) is 2.75. The summed E-state index contributed by atoms with van der Waals surface area (Å²) in [6, 6.07) is 0. The monoisotopic (exact) mass is 130 g/mol. The van der Waals surface area contributed by atoms with Crippen molar-refractivity contribution in [3.8, 4) is 0 Å². The number of aliphatic hydroxyl groups excluding tert-OH is 1. The molecule has 2 nitrogen and oxygen atoms in total. The number of rotatable bonds is 1. The third-order valence-corrected chi connectivity index (χ3v) is 1.85. The van der Waals surface area contributed by atoms with Crippen LogP contribution in [0.2, 0.25) is 0 Å². The first-order valence-electron chi connectivity index (χ1n) is 3.55. The first-order chi connectivity index (χ1) is 4.33. The Balaban J connectivity index is 2.23. The summed E-state index contributed by atoms with van der Waals surface area (Å²) in [6.45, 7) is 3.21. The average Bonchev–Trinajstić information content (AvgIpc) is 1.88. The summed E-state index contributed by atoms with van der Waals surface area (Å²) in [5, 5.41) is 8.75. The van der Waals surface area contributed by atoms with Gasteiger partial charge in [-0.25, -0.2) is 0 Å². The quantitative estimate of drug-likeness (QED) is 0.568. The van der Waals surface area contributed by atoms with Crippen molar-refractivity contribution in [1.29, 1.82) is 0 Å². The fourth-order valence-electron chi connectivity index (χ4n) is 1.26. The number of ether oxygens (including phenoxy) is 1. The van der Waals surface area contributed by atoms with E-state index < -0.39 is 0 Å². The summed E-state index contributed by atoms with van der Waals surface area (Å²) in [7, 11) is 0. The van der Waals surface area contributed by atoms with E-state index >= 15 is 0 Å². The van der Waals surface area contributed by atoms with Gasteiger partial charge in [0.2, 0.25) is 0 Å². The van der Waals surface area contributed by atoms with Crippen molar-refractivity contribution >= 4 is 0 Å². The van der Waals surface area contributed by atoms with Crippen LogP contribution in [0, 0.1) is 5.92 Å². The maximum Gasteiger partial charge on any atom is 0.0550 e. The smallest absolute Gasteiger partial charge is 0.0550 e. The van der Waals surface area contributed by atoms with E-state index in [9.17, 15) is 0 Å². The Bertz CT molecular complexity index is 83.0. The highest BCUT2D eigenvalue weighted by Gasteiger charge is 2.17. The highest BCUT2D eigenvalue weighted by Crippen LogP contribution is 2.18. The summed E-state index contributed by atoms with van der Waals surface area (Å²) in [5.41, 5.74) is 0. The molecule has 0 aromatic carbocycles. The van der Waals surface area contributed by atoms with E-state index in [-0.39, 0.29) is 0 Å². The van der Waals surface area contributed by atoms with Crippen LogP contribution in [0.5, 0.6) is 0 Å². The van der Waals surface area contributed by atoms with Crippen molar-refractivity contribution in [3.63, 3.8) is 0 Å². The van der Waals surface area contributed by atoms with Crippen molar-refractivity contribution in [2.45, 2.75) is 25.9 Å². The van der Waals surface area contributed by atoms with Crippen molar-refractivity contribution in [1.82, 2.24) is 0 Å². The zero-order chi connectivity index (χ0) is 6.69. The maximum atomic E-state index is 8.75. The van der Waals surface area contributed by atoms with Gasteiger partial charge in [-0.05, 0) is 25.7 Å². The molecule has 1 heterocycles. The minimum atomic E-state index is 0.327. The van der Waals surface area contributed by atoms with E-state index in [1.54, 1.807) is 0 Å². The molecule has 1 aliphatic heterocycles. The lowest BCUT2D eigenvalue weighted by atomic mass is 9.97. The molecule has 54 valence electrons. The van der Waals surface area contributed by atoms with Gasteiger partial charge < -0.3 is 9.84 Å². The molecule has 0 radical (unpaired) electrons. The van der Waals surface area contributed by atoms with E-state index in [1.807, 2.05) is 0 Å². The number of aliphatic hydroxyl groups is 1. The zero-order valence-electron chi connectivity index (χ0n) is 5.84. The van der Waals surface area contributed by atoms with Crippen LogP contribution < -0.4 is 0 Å². The lowest BCUT2D eigenvalue weighted by Gasteiger charge is -2.25. The number of hydrogen-bond acceptors (Lipinski definition) is 2. The van der Waals surface area contributed by atoms with Crippen molar-refractivity contribution in [3.05, 3.63) is 0 Å². The summed E-state index contributed by atoms with van der Waals surface area (Å²) < 4.78 is 5.30.